The maximum Gasteiger partial charge on any atom is 0.338 e. The second kappa shape index (κ2) is 5.91. The van der Waals surface area contributed by atoms with E-state index in [2.05, 4.69) is 10.4 Å². The first kappa shape index (κ1) is 15.9. The molecule has 1 atom stereocenters. The van der Waals surface area contributed by atoms with E-state index in [9.17, 15) is 18.4 Å². The molecule has 1 amide bonds. The number of benzene rings is 1. The number of alkyl halides is 2. The summed E-state index contributed by atoms with van der Waals surface area (Å²) < 4.78 is 31.8. The molecule has 0 saturated heterocycles. The summed E-state index contributed by atoms with van der Waals surface area (Å²) in [4.78, 5) is 22.6. The number of anilines is 1. The van der Waals surface area contributed by atoms with Crippen molar-refractivity contribution in [2.24, 2.45) is 0 Å². The molecule has 1 fully saturated rings. The molecule has 9 heteroatoms. The van der Waals surface area contributed by atoms with Gasteiger partial charge in [0, 0.05) is 11.9 Å². The number of hydrogen-bond acceptors (Lipinski definition) is 4. The molecule has 24 heavy (non-hydrogen) atoms. The monoisotopic (exact) mass is 337 g/mol. The van der Waals surface area contributed by atoms with Crippen molar-refractivity contribution in [3.8, 4) is 5.75 Å². The highest BCUT2D eigenvalue weighted by Gasteiger charge is 2.59. The van der Waals surface area contributed by atoms with Gasteiger partial charge in [-0.25, -0.2) is 13.6 Å². The van der Waals surface area contributed by atoms with E-state index in [1.165, 1.54) is 35.1 Å². The van der Waals surface area contributed by atoms with Gasteiger partial charge in [-0.1, -0.05) is 0 Å². The van der Waals surface area contributed by atoms with Gasteiger partial charge in [-0.3, -0.25) is 9.48 Å². The minimum absolute atomic E-state index is 0.0128. The lowest BCUT2D eigenvalue weighted by Gasteiger charge is -2.08. The molecule has 3 rings (SSSR count). The minimum atomic E-state index is -2.76. The Morgan fingerprint density at radius 3 is 2.58 bits per heavy atom. The molecule has 0 aliphatic heterocycles. The highest BCUT2D eigenvalue weighted by molar-refractivity contribution is 5.91. The molecule has 2 N–H and O–H groups in total. The fraction of sp³-hybridized carbons (Fsp3) is 0.267. The molecule has 1 heterocycles. The topological polar surface area (TPSA) is 93.5 Å². The Kier molecular flexibility index (Phi) is 3.92. The van der Waals surface area contributed by atoms with Crippen molar-refractivity contribution in [2.45, 2.75) is 25.0 Å². The number of rotatable bonds is 6. The summed E-state index contributed by atoms with van der Waals surface area (Å²) in [5, 5.41) is 15.1. The maximum absolute atomic E-state index is 12.8. The van der Waals surface area contributed by atoms with Gasteiger partial charge in [0.15, 0.2) is 6.10 Å². The molecule has 1 aromatic heterocycles. The third kappa shape index (κ3) is 3.67. The highest BCUT2D eigenvalue weighted by atomic mass is 19.3. The Morgan fingerprint density at radius 2 is 2.04 bits per heavy atom. The normalized spacial score (nSPS) is 18.0. The van der Waals surface area contributed by atoms with Crippen LogP contribution in [0.5, 0.6) is 5.75 Å². The molecule has 0 radical (unpaired) electrons. The van der Waals surface area contributed by atoms with Crippen molar-refractivity contribution >= 4 is 17.6 Å². The predicted molar refractivity (Wildman–Crippen MR) is 78.2 cm³/mol. The number of nitrogens with zero attached hydrogens (tertiary/aromatic N) is 2. The summed E-state index contributed by atoms with van der Waals surface area (Å²) in [6.45, 7) is -0.153. The second-order valence-corrected chi connectivity index (χ2v) is 5.38. The molecule has 7 nitrogen and oxygen atoms in total. The summed E-state index contributed by atoms with van der Waals surface area (Å²) in [6, 6.07) is 6.03. The third-order valence-corrected chi connectivity index (χ3v) is 3.37. The molecule has 0 bridgehead atoms. The molecule has 1 saturated carbocycles. The van der Waals surface area contributed by atoms with E-state index in [4.69, 9.17) is 9.84 Å². The molecule has 126 valence electrons. The lowest BCUT2D eigenvalue weighted by Crippen LogP contribution is -2.19. The van der Waals surface area contributed by atoms with Crippen molar-refractivity contribution in [1.82, 2.24) is 9.78 Å². The fourth-order valence-corrected chi connectivity index (χ4v) is 2.01. The second-order valence-electron chi connectivity index (χ2n) is 5.38. The van der Waals surface area contributed by atoms with Gasteiger partial charge in [0.1, 0.15) is 12.3 Å². The van der Waals surface area contributed by atoms with Gasteiger partial charge in [-0.15, -0.1) is 0 Å². The molecule has 1 aromatic carbocycles. The van der Waals surface area contributed by atoms with Crippen molar-refractivity contribution < 1.29 is 28.2 Å². The number of halogens is 2. The molecule has 1 unspecified atom stereocenters. The lowest BCUT2D eigenvalue weighted by molar-refractivity contribution is -0.116. The average Bonchev–Trinajstić information content (AvgIpc) is 2.91. The van der Waals surface area contributed by atoms with Gasteiger partial charge in [0.2, 0.25) is 5.91 Å². The number of hydrogen-bond donors (Lipinski definition) is 2. The van der Waals surface area contributed by atoms with Crippen LogP contribution in [0.2, 0.25) is 0 Å². The van der Waals surface area contributed by atoms with Gasteiger partial charge >= 0.3 is 5.97 Å². The van der Waals surface area contributed by atoms with Crippen LogP contribution in [0, 0.1) is 0 Å². The number of amides is 1. The number of carbonyl (C=O) groups excluding carboxylic acids is 1. The van der Waals surface area contributed by atoms with Crippen molar-refractivity contribution in [3.05, 3.63) is 42.2 Å². The van der Waals surface area contributed by atoms with Crippen LogP contribution in [0.3, 0.4) is 0 Å². The van der Waals surface area contributed by atoms with Crippen LogP contribution in [0.4, 0.5) is 14.5 Å². The average molecular weight is 337 g/mol. The molecular weight excluding hydrogens is 324 g/mol. The van der Waals surface area contributed by atoms with Crippen molar-refractivity contribution in [3.63, 3.8) is 0 Å². The summed E-state index contributed by atoms with van der Waals surface area (Å²) in [5.41, 5.74) is 0.446. The van der Waals surface area contributed by atoms with Crippen LogP contribution < -0.4 is 10.1 Å². The van der Waals surface area contributed by atoms with Crippen molar-refractivity contribution in [2.75, 3.05) is 5.32 Å². The smallest absolute Gasteiger partial charge is 0.338 e. The van der Waals surface area contributed by atoms with E-state index in [-0.39, 0.29) is 18.5 Å². The van der Waals surface area contributed by atoms with Gasteiger partial charge < -0.3 is 15.2 Å². The van der Waals surface area contributed by atoms with Gasteiger partial charge in [0.05, 0.1) is 18.2 Å². The van der Waals surface area contributed by atoms with Crippen LogP contribution >= 0.6 is 0 Å². The first-order valence-corrected chi connectivity index (χ1v) is 7.04. The molecule has 1 aliphatic rings. The number of carboxylic acids is 1. The SMILES string of the molecule is O=C(Cn1cc(C(=O)O)cn1)Nc1ccc(OC2CC2(F)F)cc1. The first-order valence-electron chi connectivity index (χ1n) is 7.04. The summed E-state index contributed by atoms with van der Waals surface area (Å²) in [7, 11) is 0. The number of aromatic carboxylic acids is 1. The predicted octanol–water partition coefficient (Wildman–Crippen LogP) is 2.01. The zero-order valence-electron chi connectivity index (χ0n) is 12.3. The lowest BCUT2D eigenvalue weighted by atomic mass is 10.3. The van der Waals surface area contributed by atoms with Crippen LogP contribution in [0.1, 0.15) is 16.8 Å². The van der Waals surface area contributed by atoms with Crippen LogP contribution in [-0.4, -0.2) is 38.8 Å². The Labute approximate surface area is 134 Å². The van der Waals surface area contributed by atoms with Crippen LogP contribution in [0.15, 0.2) is 36.7 Å². The number of carboxylic acid groups (broad SMARTS) is 1. The molecule has 0 spiro atoms. The highest BCUT2D eigenvalue weighted by Crippen LogP contribution is 2.44. The van der Waals surface area contributed by atoms with Crippen LogP contribution in [-0.2, 0) is 11.3 Å². The van der Waals surface area contributed by atoms with E-state index in [0.29, 0.717) is 11.4 Å². The Bertz CT molecular complexity index is 773. The first-order chi connectivity index (χ1) is 11.3. The van der Waals surface area contributed by atoms with Gasteiger partial charge in [-0.2, -0.15) is 5.10 Å². The number of ether oxygens (including phenoxy) is 1. The summed E-state index contributed by atoms with van der Waals surface area (Å²) >= 11 is 0. The molecule has 1 aliphatic carbocycles. The number of aromatic nitrogens is 2. The molecular formula is C15H13F2N3O4. The van der Waals surface area contributed by atoms with Gasteiger partial charge in [-0.05, 0) is 24.3 Å². The largest absolute Gasteiger partial charge is 0.484 e. The van der Waals surface area contributed by atoms with E-state index in [1.54, 1.807) is 0 Å². The zero-order chi connectivity index (χ0) is 17.3. The number of nitrogens with one attached hydrogen (secondary N) is 1. The Balaban J connectivity index is 1.53. The van der Waals surface area contributed by atoms with E-state index >= 15 is 0 Å². The van der Waals surface area contributed by atoms with E-state index in [1.807, 2.05) is 0 Å². The zero-order valence-corrected chi connectivity index (χ0v) is 12.3. The standard InChI is InChI=1S/C15H13F2N3O4/c16-15(17)5-12(15)24-11-3-1-10(2-4-11)19-13(21)8-20-7-9(6-18-20)14(22)23/h1-4,6-7,12H,5,8H2,(H,19,21)(H,22,23). The summed E-state index contributed by atoms with van der Waals surface area (Å²) in [5.74, 6) is -3.99. The quantitative estimate of drug-likeness (QED) is 0.841. The van der Waals surface area contributed by atoms with E-state index in [0.717, 1.165) is 6.20 Å². The van der Waals surface area contributed by atoms with Crippen LogP contribution in [0.25, 0.3) is 0 Å². The molecule has 2 aromatic rings. The summed E-state index contributed by atoms with van der Waals surface area (Å²) in [6.07, 6.45) is 1.03. The minimum Gasteiger partial charge on any atom is -0.484 e. The van der Waals surface area contributed by atoms with E-state index < -0.39 is 23.9 Å². The Morgan fingerprint density at radius 1 is 1.38 bits per heavy atom. The maximum atomic E-state index is 12.8. The third-order valence-electron chi connectivity index (χ3n) is 3.37. The number of carbonyl (C=O) groups is 2. The van der Waals surface area contributed by atoms with Crippen molar-refractivity contribution in [1.29, 1.82) is 0 Å². The fourth-order valence-electron chi connectivity index (χ4n) is 2.01. The Hall–Kier alpha value is -2.97. The van der Waals surface area contributed by atoms with Gasteiger partial charge in [0.25, 0.3) is 5.92 Å².